The summed E-state index contributed by atoms with van der Waals surface area (Å²) < 4.78 is 1.08. The molecule has 1 fully saturated rings. The second kappa shape index (κ2) is 7.77. The molecular weight excluding hydrogens is 356 g/mol. The van der Waals surface area contributed by atoms with Crippen molar-refractivity contribution >= 4 is 28.2 Å². The highest BCUT2D eigenvalue weighted by Gasteiger charge is 2.14. The van der Waals surface area contributed by atoms with Gasteiger partial charge in [0.1, 0.15) is 12.1 Å². The second-order valence-corrected chi connectivity index (χ2v) is 6.95. The van der Waals surface area contributed by atoms with Crippen molar-refractivity contribution in [3.05, 3.63) is 58.9 Å². The zero-order chi connectivity index (χ0) is 19.5. The first-order valence-corrected chi connectivity index (χ1v) is 9.26. The average molecular weight is 378 g/mol. The quantitative estimate of drug-likeness (QED) is 0.734. The van der Waals surface area contributed by atoms with Crippen LogP contribution in [0.2, 0.25) is 0 Å². The van der Waals surface area contributed by atoms with Crippen LogP contribution < -0.4 is 15.8 Å². The zero-order valence-corrected chi connectivity index (χ0v) is 15.7. The minimum absolute atomic E-state index is 0.184. The second-order valence-electron chi connectivity index (χ2n) is 6.95. The van der Waals surface area contributed by atoms with Crippen molar-refractivity contribution in [2.24, 2.45) is 0 Å². The summed E-state index contributed by atoms with van der Waals surface area (Å²) in [4.78, 5) is 29.4. The molecule has 4 rings (SSSR count). The predicted molar refractivity (Wildman–Crippen MR) is 109 cm³/mol. The number of rotatable bonds is 4. The van der Waals surface area contributed by atoms with E-state index in [4.69, 9.17) is 0 Å². The highest BCUT2D eigenvalue weighted by atomic mass is 16.2. The van der Waals surface area contributed by atoms with E-state index in [1.54, 1.807) is 24.3 Å². The van der Waals surface area contributed by atoms with Gasteiger partial charge in [0.15, 0.2) is 0 Å². The number of nitrogens with zero attached hydrogens (tertiary/aromatic N) is 5. The van der Waals surface area contributed by atoms with Gasteiger partial charge in [-0.1, -0.05) is 17.3 Å². The summed E-state index contributed by atoms with van der Waals surface area (Å²) in [7, 11) is 2.13. The fourth-order valence-electron chi connectivity index (χ4n) is 3.28. The summed E-state index contributed by atoms with van der Waals surface area (Å²) in [6.45, 7) is 3.88. The maximum atomic E-state index is 12.4. The Balaban J connectivity index is 1.41. The average Bonchev–Trinajstić information content (AvgIpc) is 2.71. The van der Waals surface area contributed by atoms with Crippen LogP contribution in [0.5, 0.6) is 0 Å². The largest absolute Gasteiger partial charge is 0.369 e. The molecule has 8 nitrogen and oxygen atoms in total. The number of likely N-dealkylation sites (N-methyl/N-ethyl adjacent to an activating group) is 1. The summed E-state index contributed by atoms with van der Waals surface area (Å²) in [5, 5.41) is 11.1. The first kappa shape index (κ1) is 18.1. The maximum absolute atomic E-state index is 12.4. The number of nitrogens with one attached hydrogen (secondary N) is 1. The van der Waals surface area contributed by atoms with Gasteiger partial charge >= 0.3 is 0 Å². The predicted octanol–water partition coefficient (Wildman–Crippen LogP) is 1.18. The van der Waals surface area contributed by atoms with Crippen molar-refractivity contribution in [3.63, 3.8) is 0 Å². The third-order valence-corrected chi connectivity index (χ3v) is 4.94. The molecule has 1 saturated heterocycles. The van der Waals surface area contributed by atoms with Crippen LogP contribution in [0, 0.1) is 0 Å². The van der Waals surface area contributed by atoms with Gasteiger partial charge in [-0.2, -0.15) is 0 Å². The van der Waals surface area contributed by atoms with Gasteiger partial charge in [0.2, 0.25) is 5.91 Å². The monoisotopic (exact) mass is 378 g/mol. The highest BCUT2D eigenvalue weighted by Crippen LogP contribution is 2.19. The molecule has 0 spiro atoms. The number of hydrogen-bond acceptors (Lipinski definition) is 6. The van der Waals surface area contributed by atoms with E-state index in [-0.39, 0.29) is 18.0 Å². The lowest BCUT2D eigenvalue weighted by Gasteiger charge is -2.34. The minimum Gasteiger partial charge on any atom is -0.369 e. The molecule has 0 aliphatic carbocycles. The molecule has 28 heavy (non-hydrogen) atoms. The Morgan fingerprint density at radius 2 is 1.75 bits per heavy atom. The normalized spacial score (nSPS) is 15.0. The van der Waals surface area contributed by atoms with Gasteiger partial charge in [-0.25, -0.2) is 4.68 Å². The van der Waals surface area contributed by atoms with Crippen LogP contribution in [-0.4, -0.2) is 59.0 Å². The van der Waals surface area contributed by atoms with E-state index in [1.165, 1.54) is 0 Å². The van der Waals surface area contributed by atoms with Gasteiger partial charge in [0, 0.05) is 37.6 Å². The molecule has 0 radical (unpaired) electrons. The molecule has 2 aromatic carbocycles. The number of carbonyl (C=O) groups is 1. The number of piperazine rings is 1. The summed E-state index contributed by atoms with van der Waals surface area (Å²) in [5.74, 6) is -0.320. The summed E-state index contributed by atoms with van der Waals surface area (Å²) in [5.41, 5.74) is 2.02. The molecule has 1 N–H and O–H groups in total. The molecule has 1 amide bonds. The Labute approximate surface area is 162 Å². The number of benzene rings is 2. The van der Waals surface area contributed by atoms with Gasteiger partial charge in [-0.05, 0) is 43.4 Å². The fourth-order valence-corrected chi connectivity index (χ4v) is 3.28. The third kappa shape index (κ3) is 3.86. The SMILES string of the molecule is CN1CCN(c2ccc(NC(=O)Cn3nnc4ccccc4c3=O)cc2)CC1. The maximum Gasteiger partial charge on any atom is 0.278 e. The molecule has 0 atom stereocenters. The van der Waals surface area contributed by atoms with E-state index >= 15 is 0 Å². The number of anilines is 2. The lowest BCUT2D eigenvalue weighted by Crippen LogP contribution is -2.44. The first-order valence-electron chi connectivity index (χ1n) is 9.26. The van der Waals surface area contributed by atoms with Gasteiger partial charge in [0.05, 0.1) is 5.39 Å². The van der Waals surface area contributed by atoms with Crippen LogP contribution in [0.1, 0.15) is 0 Å². The van der Waals surface area contributed by atoms with Crippen molar-refractivity contribution in [3.8, 4) is 0 Å². The van der Waals surface area contributed by atoms with E-state index in [2.05, 4.69) is 32.5 Å². The number of carbonyl (C=O) groups excluding carboxylic acids is 1. The highest BCUT2D eigenvalue weighted by molar-refractivity contribution is 5.90. The Hall–Kier alpha value is -3.26. The van der Waals surface area contributed by atoms with Crippen molar-refractivity contribution in [2.45, 2.75) is 6.54 Å². The lowest BCUT2D eigenvalue weighted by molar-refractivity contribution is -0.117. The molecule has 1 aliphatic rings. The molecule has 8 heteroatoms. The number of amides is 1. The van der Waals surface area contributed by atoms with Crippen molar-refractivity contribution < 1.29 is 4.79 Å². The molecule has 3 aromatic rings. The van der Waals surface area contributed by atoms with Crippen molar-refractivity contribution in [2.75, 3.05) is 43.4 Å². The van der Waals surface area contributed by atoms with Gasteiger partial charge < -0.3 is 15.1 Å². The van der Waals surface area contributed by atoms with Crippen molar-refractivity contribution in [1.82, 2.24) is 19.9 Å². The zero-order valence-electron chi connectivity index (χ0n) is 15.7. The van der Waals surface area contributed by atoms with Gasteiger partial charge in [-0.3, -0.25) is 9.59 Å². The Morgan fingerprint density at radius 3 is 2.50 bits per heavy atom. The van der Waals surface area contributed by atoms with E-state index in [0.29, 0.717) is 16.6 Å². The Kier molecular flexibility index (Phi) is 5.03. The summed E-state index contributed by atoms with van der Waals surface area (Å²) in [6.07, 6.45) is 0. The van der Waals surface area contributed by atoms with Crippen LogP contribution in [0.25, 0.3) is 10.9 Å². The van der Waals surface area contributed by atoms with E-state index < -0.39 is 0 Å². The summed E-state index contributed by atoms with van der Waals surface area (Å²) >= 11 is 0. The lowest BCUT2D eigenvalue weighted by atomic mass is 10.2. The number of fused-ring (bicyclic) bond motifs is 1. The summed E-state index contributed by atoms with van der Waals surface area (Å²) in [6, 6.07) is 14.7. The molecule has 1 aromatic heterocycles. The van der Waals surface area contributed by atoms with Gasteiger partial charge in [0.25, 0.3) is 5.56 Å². The molecule has 1 aliphatic heterocycles. The topological polar surface area (TPSA) is 83.4 Å². The number of aromatic nitrogens is 3. The van der Waals surface area contributed by atoms with Crippen LogP contribution in [0.3, 0.4) is 0 Å². The van der Waals surface area contributed by atoms with Crippen LogP contribution in [0.15, 0.2) is 53.3 Å². The Bertz CT molecular complexity index is 1040. The standard InChI is InChI=1S/C20H22N6O2/c1-24-10-12-25(13-11-24)16-8-6-15(7-9-16)21-19(27)14-26-20(28)17-4-2-3-5-18(17)22-23-26/h2-9H,10-14H2,1H3,(H,21,27). The smallest absolute Gasteiger partial charge is 0.278 e. The van der Waals surface area contributed by atoms with E-state index in [9.17, 15) is 9.59 Å². The van der Waals surface area contributed by atoms with Crippen molar-refractivity contribution in [1.29, 1.82) is 0 Å². The molecule has 144 valence electrons. The molecule has 0 saturated carbocycles. The van der Waals surface area contributed by atoms with Crippen LogP contribution >= 0.6 is 0 Å². The minimum atomic E-state index is -0.328. The molecule has 0 unspecified atom stereocenters. The van der Waals surface area contributed by atoms with E-state index in [0.717, 1.165) is 36.5 Å². The molecule has 0 bridgehead atoms. The van der Waals surface area contributed by atoms with Crippen LogP contribution in [-0.2, 0) is 11.3 Å². The molecule has 2 heterocycles. The number of hydrogen-bond donors (Lipinski definition) is 1. The first-order chi connectivity index (χ1) is 13.6. The fraction of sp³-hybridized carbons (Fsp3) is 0.300. The molecular formula is C20H22N6O2. The van der Waals surface area contributed by atoms with E-state index in [1.807, 2.05) is 24.3 Å². The Morgan fingerprint density at radius 1 is 1.04 bits per heavy atom. The third-order valence-electron chi connectivity index (χ3n) is 4.94. The van der Waals surface area contributed by atoms with Gasteiger partial charge in [-0.15, -0.1) is 5.10 Å². The van der Waals surface area contributed by atoms with Crippen LogP contribution in [0.4, 0.5) is 11.4 Å².